The molecule has 0 aromatic heterocycles. The van der Waals surface area contributed by atoms with Gasteiger partial charge in [0.15, 0.2) is 0 Å². The van der Waals surface area contributed by atoms with Crippen LogP contribution in [-0.4, -0.2) is 53.1 Å². The number of carboxylic acid groups (broad SMARTS) is 1. The topological polar surface area (TPSA) is 43.8 Å². The Morgan fingerprint density at radius 1 is 1.30 bits per heavy atom. The molecule has 110 valence electrons. The van der Waals surface area contributed by atoms with Crippen LogP contribution in [0.1, 0.15) is 12.5 Å². The Kier molecular flexibility index (Phi) is 5.27. The number of carboxylic acids is 1. The normalized spacial score (nSPS) is 18.9. The largest absolute Gasteiger partial charge is 0.480 e. The minimum atomic E-state index is -0.765. The summed E-state index contributed by atoms with van der Waals surface area (Å²) in [5.74, 6) is -0.765. The zero-order valence-corrected chi connectivity index (χ0v) is 12.9. The lowest BCUT2D eigenvalue weighted by Gasteiger charge is -2.36. The van der Waals surface area contributed by atoms with Gasteiger partial charge in [0.1, 0.15) is 6.04 Å². The second-order valence-electron chi connectivity index (χ2n) is 5.06. The molecule has 6 heteroatoms. The van der Waals surface area contributed by atoms with Crippen LogP contribution in [0.3, 0.4) is 0 Å². The van der Waals surface area contributed by atoms with E-state index in [1.165, 1.54) is 0 Å². The SMILES string of the molecule is CC(C(=O)O)N1CCN(Cc2ccc(Cl)cc2Cl)CC1. The fourth-order valence-electron chi connectivity index (χ4n) is 2.36. The van der Waals surface area contributed by atoms with Gasteiger partial charge in [0.2, 0.25) is 0 Å². The maximum Gasteiger partial charge on any atom is 0.320 e. The smallest absolute Gasteiger partial charge is 0.320 e. The van der Waals surface area contributed by atoms with E-state index >= 15 is 0 Å². The quantitative estimate of drug-likeness (QED) is 0.927. The molecule has 1 heterocycles. The summed E-state index contributed by atoms with van der Waals surface area (Å²) < 4.78 is 0. The van der Waals surface area contributed by atoms with Crippen molar-refractivity contribution in [1.82, 2.24) is 9.80 Å². The van der Waals surface area contributed by atoms with Gasteiger partial charge in [-0.15, -0.1) is 0 Å². The minimum absolute atomic E-state index is 0.420. The number of aliphatic carboxylic acids is 1. The first kappa shape index (κ1) is 15.6. The maximum atomic E-state index is 11.0. The van der Waals surface area contributed by atoms with E-state index in [0.29, 0.717) is 10.0 Å². The monoisotopic (exact) mass is 316 g/mol. The fourth-order valence-corrected chi connectivity index (χ4v) is 2.82. The van der Waals surface area contributed by atoms with E-state index in [9.17, 15) is 4.79 Å². The summed E-state index contributed by atoms with van der Waals surface area (Å²) in [4.78, 5) is 15.2. The van der Waals surface area contributed by atoms with E-state index in [-0.39, 0.29) is 0 Å². The van der Waals surface area contributed by atoms with Crippen LogP contribution in [0.2, 0.25) is 10.0 Å². The lowest BCUT2D eigenvalue weighted by Crippen LogP contribution is -2.51. The first-order valence-corrected chi connectivity index (χ1v) is 7.36. The van der Waals surface area contributed by atoms with Gasteiger partial charge in [0, 0.05) is 42.8 Å². The van der Waals surface area contributed by atoms with Gasteiger partial charge >= 0.3 is 5.97 Å². The second kappa shape index (κ2) is 6.76. The van der Waals surface area contributed by atoms with Crippen molar-refractivity contribution >= 4 is 29.2 Å². The molecule has 4 nitrogen and oxygen atoms in total. The summed E-state index contributed by atoms with van der Waals surface area (Å²) in [5, 5.41) is 10.3. The molecule has 20 heavy (non-hydrogen) atoms. The molecule has 1 aromatic rings. The molecular weight excluding hydrogens is 299 g/mol. The van der Waals surface area contributed by atoms with Gasteiger partial charge in [-0.2, -0.15) is 0 Å². The van der Waals surface area contributed by atoms with E-state index in [4.69, 9.17) is 28.3 Å². The molecule has 2 rings (SSSR count). The summed E-state index contributed by atoms with van der Waals surface area (Å²) in [6, 6.07) is 5.11. The zero-order valence-electron chi connectivity index (χ0n) is 11.4. The zero-order chi connectivity index (χ0) is 14.7. The Hall–Kier alpha value is -0.810. The van der Waals surface area contributed by atoms with Crippen LogP contribution < -0.4 is 0 Å². The number of hydrogen-bond donors (Lipinski definition) is 1. The lowest BCUT2D eigenvalue weighted by atomic mass is 10.1. The molecule has 1 fully saturated rings. The highest BCUT2D eigenvalue weighted by Crippen LogP contribution is 2.22. The molecule has 1 N–H and O–H groups in total. The predicted molar refractivity (Wildman–Crippen MR) is 80.4 cm³/mol. The van der Waals surface area contributed by atoms with Crippen LogP contribution in [0.25, 0.3) is 0 Å². The van der Waals surface area contributed by atoms with Crippen LogP contribution in [0, 0.1) is 0 Å². The van der Waals surface area contributed by atoms with Crippen molar-refractivity contribution in [3.05, 3.63) is 33.8 Å². The molecular formula is C14H18Cl2N2O2. The van der Waals surface area contributed by atoms with Gasteiger partial charge in [-0.25, -0.2) is 0 Å². The highest BCUT2D eigenvalue weighted by atomic mass is 35.5. The fraction of sp³-hybridized carbons (Fsp3) is 0.500. The number of rotatable bonds is 4. The molecule has 1 aliphatic heterocycles. The van der Waals surface area contributed by atoms with Gasteiger partial charge in [-0.1, -0.05) is 29.3 Å². The van der Waals surface area contributed by atoms with Crippen LogP contribution in [0.5, 0.6) is 0 Å². The van der Waals surface area contributed by atoms with E-state index in [1.807, 2.05) is 17.0 Å². The van der Waals surface area contributed by atoms with E-state index in [2.05, 4.69) is 4.90 Å². The Balaban J connectivity index is 1.90. The summed E-state index contributed by atoms with van der Waals surface area (Å²) in [7, 11) is 0. The van der Waals surface area contributed by atoms with Gasteiger partial charge in [0.25, 0.3) is 0 Å². The molecule has 0 spiro atoms. The van der Waals surface area contributed by atoms with Gasteiger partial charge in [-0.3, -0.25) is 14.6 Å². The maximum absolute atomic E-state index is 11.0. The van der Waals surface area contributed by atoms with Crippen LogP contribution in [0.15, 0.2) is 18.2 Å². The highest BCUT2D eigenvalue weighted by Gasteiger charge is 2.25. The Morgan fingerprint density at radius 2 is 1.95 bits per heavy atom. The Morgan fingerprint density at radius 3 is 2.50 bits per heavy atom. The standard InChI is InChI=1S/C14H18Cl2N2O2/c1-10(14(19)20)18-6-4-17(5-7-18)9-11-2-3-12(15)8-13(11)16/h2-3,8,10H,4-7,9H2,1H3,(H,19,20). The van der Waals surface area contributed by atoms with Crippen LogP contribution >= 0.6 is 23.2 Å². The lowest BCUT2D eigenvalue weighted by molar-refractivity contribution is -0.143. The third-order valence-electron chi connectivity index (χ3n) is 3.72. The van der Waals surface area contributed by atoms with E-state index in [0.717, 1.165) is 38.3 Å². The summed E-state index contributed by atoms with van der Waals surface area (Å²) in [6.07, 6.45) is 0. The number of benzene rings is 1. The predicted octanol–water partition coefficient (Wildman–Crippen LogP) is 2.58. The Bertz CT molecular complexity index is 488. The van der Waals surface area contributed by atoms with Crippen molar-refractivity contribution in [1.29, 1.82) is 0 Å². The third-order valence-corrected chi connectivity index (χ3v) is 4.31. The van der Waals surface area contributed by atoms with Crippen molar-refractivity contribution in [2.45, 2.75) is 19.5 Å². The van der Waals surface area contributed by atoms with Gasteiger partial charge in [0.05, 0.1) is 0 Å². The number of carbonyl (C=O) groups is 1. The molecule has 0 bridgehead atoms. The van der Waals surface area contributed by atoms with Crippen LogP contribution in [0.4, 0.5) is 0 Å². The van der Waals surface area contributed by atoms with Crippen molar-refractivity contribution in [3.63, 3.8) is 0 Å². The molecule has 0 amide bonds. The van der Waals surface area contributed by atoms with Crippen LogP contribution in [-0.2, 0) is 11.3 Å². The third kappa shape index (κ3) is 3.85. The summed E-state index contributed by atoms with van der Waals surface area (Å²) in [5.41, 5.74) is 1.05. The number of piperazine rings is 1. The minimum Gasteiger partial charge on any atom is -0.480 e. The van der Waals surface area contributed by atoms with Crippen molar-refractivity contribution in [3.8, 4) is 0 Å². The summed E-state index contributed by atoms with van der Waals surface area (Å²) in [6.45, 7) is 5.71. The number of nitrogens with zero attached hydrogens (tertiary/aromatic N) is 2. The molecule has 1 unspecified atom stereocenters. The molecule has 0 radical (unpaired) electrons. The van der Waals surface area contributed by atoms with Gasteiger partial charge < -0.3 is 5.11 Å². The Labute approximate surface area is 128 Å². The molecule has 1 aromatic carbocycles. The molecule has 1 aliphatic rings. The molecule has 0 aliphatic carbocycles. The molecule has 0 saturated carbocycles. The van der Waals surface area contributed by atoms with Crippen molar-refractivity contribution in [2.75, 3.05) is 26.2 Å². The van der Waals surface area contributed by atoms with E-state index in [1.54, 1.807) is 13.0 Å². The van der Waals surface area contributed by atoms with E-state index < -0.39 is 12.0 Å². The molecule has 1 atom stereocenters. The average molecular weight is 317 g/mol. The summed E-state index contributed by atoms with van der Waals surface area (Å²) >= 11 is 12.1. The van der Waals surface area contributed by atoms with Gasteiger partial charge in [-0.05, 0) is 24.6 Å². The number of halogens is 2. The molecule has 1 saturated heterocycles. The second-order valence-corrected chi connectivity index (χ2v) is 5.91. The van der Waals surface area contributed by atoms with Crippen molar-refractivity contribution < 1.29 is 9.90 Å². The first-order valence-electron chi connectivity index (χ1n) is 6.60. The number of hydrogen-bond acceptors (Lipinski definition) is 3. The first-order chi connectivity index (χ1) is 9.47. The average Bonchev–Trinajstić information content (AvgIpc) is 2.42. The van der Waals surface area contributed by atoms with Crippen molar-refractivity contribution in [2.24, 2.45) is 0 Å². The highest BCUT2D eigenvalue weighted by molar-refractivity contribution is 6.35.